The minimum Gasteiger partial charge on any atom is -0.444 e. The van der Waals surface area contributed by atoms with E-state index in [4.69, 9.17) is 4.74 Å². The summed E-state index contributed by atoms with van der Waals surface area (Å²) in [6.07, 6.45) is 1.18. The SMILES string of the molecule is CC(C)(C)OC(=O)NC[C@H]1CCCN(S(=O)(=O)c2cccc(CBr)c2)C1. The van der Waals surface area contributed by atoms with Gasteiger partial charge in [0.15, 0.2) is 0 Å². The third-order valence-electron chi connectivity index (χ3n) is 4.11. The Labute approximate surface area is 164 Å². The van der Waals surface area contributed by atoms with E-state index < -0.39 is 21.7 Å². The summed E-state index contributed by atoms with van der Waals surface area (Å²) in [4.78, 5) is 12.1. The van der Waals surface area contributed by atoms with Gasteiger partial charge in [0.25, 0.3) is 0 Å². The lowest BCUT2D eigenvalue weighted by atomic mass is 10.00. The molecule has 1 atom stereocenters. The van der Waals surface area contributed by atoms with E-state index in [1.165, 1.54) is 4.31 Å². The van der Waals surface area contributed by atoms with Crippen LogP contribution in [0.1, 0.15) is 39.2 Å². The van der Waals surface area contributed by atoms with Crippen molar-refractivity contribution in [1.82, 2.24) is 9.62 Å². The quantitative estimate of drug-likeness (QED) is 0.701. The Kier molecular flexibility index (Phi) is 7.10. The van der Waals surface area contributed by atoms with Gasteiger partial charge in [-0.1, -0.05) is 28.1 Å². The molecule has 0 bridgehead atoms. The molecule has 1 aliphatic rings. The second-order valence-corrected chi connectivity index (χ2v) is 10.0. The zero-order chi connectivity index (χ0) is 19.4. The van der Waals surface area contributed by atoms with Gasteiger partial charge in [0, 0.05) is 25.0 Å². The number of piperidine rings is 1. The molecule has 0 aromatic heterocycles. The van der Waals surface area contributed by atoms with Gasteiger partial charge in [-0.3, -0.25) is 0 Å². The number of carbonyl (C=O) groups is 1. The van der Waals surface area contributed by atoms with Crippen molar-refractivity contribution in [2.45, 2.75) is 49.4 Å². The molecule has 6 nitrogen and oxygen atoms in total. The molecule has 1 saturated heterocycles. The van der Waals surface area contributed by atoms with Crippen molar-refractivity contribution >= 4 is 32.0 Å². The molecule has 146 valence electrons. The van der Waals surface area contributed by atoms with Gasteiger partial charge in [-0.25, -0.2) is 13.2 Å². The lowest BCUT2D eigenvalue weighted by Gasteiger charge is -2.32. The molecule has 26 heavy (non-hydrogen) atoms. The zero-order valence-corrected chi connectivity index (χ0v) is 17.9. The van der Waals surface area contributed by atoms with Gasteiger partial charge in [0.1, 0.15) is 5.60 Å². The molecule has 1 aromatic rings. The molecule has 1 fully saturated rings. The van der Waals surface area contributed by atoms with E-state index in [0.717, 1.165) is 18.4 Å². The number of ether oxygens (including phenoxy) is 1. The molecule has 1 amide bonds. The monoisotopic (exact) mass is 446 g/mol. The van der Waals surface area contributed by atoms with Crippen LogP contribution in [0.2, 0.25) is 0 Å². The van der Waals surface area contributed by atoms with Gasteiger partial charge >= 0.3 is 6.09 Å². The van der Waals surface area contributed by atoms with Gasteiger partial charge in [0.2, 0.25) is 10.0 Å². The maximum atomic E-state index is 12.9. The van der Waals surface area contributed by atoms with Gasteiger partial charge < -0.3 is 10.1 Å². The third kappa shape index (κ3) is 5.96. The number of nitrogens with one attached hydrogen (secondary N) is 1. The minimum absolute atomic E-state index is 0.0744. The van der Waals surface area contributed by atoms with Crippen LogP contribution in [-0.4, -0.2) is 44.1 Å². The second kappa shape index (κ2) is 8.71. The summed E-state index contributed by atoms with van der Waals surface area (Å²) < 4.78 is 32.6. The first-order valence-corrected chi connectivity index (χ1v) is 11.3. The summed E-state index contributed by atoms with van der Waals surface area (Å²) in [6, 6.07) is 6.98. The average molecular weight is 447 g/mol. The first-order valence-electron chi connectivity index (χ1n) is 8.74. The highest BCUT2D eigenvalue weighted by molar-refractivity contribution is 9.08. The van der Waals surface area contributed by atoms with Crippen molar-refractivity contribution in [3.05, 3.63) is 29.8 Å². The molecule has 1 aromatic carbocycles. The van der Waals surface area contributed by atoms with Crippen LogP contribution in [0, 0.1) is 5.92 Å². The fourth-order valence-corrected chi connectivity index (χ4v) is 4.87. The number of sulfonamides is 1. The first-order chi connectivity index (χ1) is 12.1. The molecule has 1 aliphatic heterocycles. The molecule has 0 unspecified atom stereocenters. The highest BCUT2D eigenvalue weighted by Crippen LogP contribution is 2.24. The Morgan fingerprint density at radius 2 is 2.12 bits per heavy atom. The lowest BCUT2D eigenvalue weighted by molar-refractivity contribution is 0.0513. The Hall–Kier alpha value is -1.12. The van der Waals surface area contributed by atoms with E-state index in [1.807, 2.05) is 26.8 Å². The molecular weight excluding hydrogens is 420 g/mol. The molecule has 0 saturated carbocycles. The number of amides is 1. The predicted octanol–water partition coefficient (Wildman–Crippen LogP) is 3.51. The lowest BCUT2D eigenvalue weighted by Crippen LogP contribution is -2.44. The Morgan fingerprint density at radius 1 is 1.38 bits per heavy atom. The smallest absolute Gasteiger partial charge is 0.407 e. The normalized spacial score (nSPS) is 19.2. The van der Waals surface area contributed by atoms with E-state index in [-0.39, 0.29) is 5.92 Å². The highest BCUT2D eigenvalue weighted by Gasteiger charge is 2.30. The van der Waals surface area contributed by atoms with Crippen molar-refractivity contribution in [3.63, 3.8) is 0 Å². The molecule has 0 aliphatic carbocycles. The number of rotatable bonds is 5. The second-order valence-electron chi connectivity index (χ2n) is 7.54. The Morgan fingerprint density at radius 3 is 2.77 bits per heavy atom. The summed E-state index contributed by atoms with van der Waals surface area (Å²) in [5.74, 6) is 0.0744. The fraction of sp³-hybridized carbons (Fsp3) is 0.611. The summed E-state index contributed by atoms with van der Waals surface area (Å²) in [5, 5.41) is 3.36. The number of nitrogens with zero attached hydrogens (tertiary/aromatic N) is 1. The van der Waals surface area contributed by atoms with Crippen molar-refractivity contribution in [1.29, 1.82) is 0 Å². The summed E-state index contributed by atoms with van der Waals surface area (Å²) >= 11 is 3.36. The number of hydrogen-bond donors (Lipinski definition) is 1. The van der Waals surface area contributed by atoms with Gasteiger partial charge in [-0.15, -0.1) is 0 Å². The molecule has 0 radical (unpaired) electrons. The maximum Gasteiger partial charge on any atom is 0.407 e. The van der Waals surface area contributed by atoms with Gasteiger partial charge in [0.05, 0.1) is 4.90 Å². The van der Waals surface area contributed by atoms with Crippen LogP contribution in [0.15, 0.2) is 29.2 Å². The molecule has 8 heteroatoms. The number of halogens is 1. The van der Waals surface area contributed by atoms with Crippen molar-refractivity contribution in [3.8, 4) is 0 Å². The van der Waals surface area contributed by atoms with E-state index in [1.54, 1.807) is 18.2 Å². The Balaban J connectivity index is 1.99. The number of benzene rings is 1. The average Bonchev–Trinajstić information content (AvgIpc) is 2.59. The number of carbonyl (C=O) groups excluding carboxylic acids is 1. The maximum absolute atomic E-state index is 12.9. The van der Waals surface area contributed by atoms with Crippen LogP contribution >= 0.6 is 15.9 Å². The van der Waals surface area contributed by atoms with Crippen LogP contribution in [0.25, 0.3) is 0 Å². The third-order valence-corrected chi connectivity index (χ3v) is 6.61. The molecular formula is C18H27BrN2O4S. The number of alkyl halides is 1. The summed E-state index contributed by atoms with van der Waals surface area (Å²) in [6.45, 7) is 6.73. The molecule has 2 rings (SSSR count). The first kappa shape index (κ1) is 21.2. The number of alkyl carbamates (subject to hydrolysis) is 1. The topological polar surface area (TPSA) is 75.7 Å². The minimum atomic E-state index is -3.53. The van der Waals surface area contributed by atoms with Gasteiger partial charge in [-0.2, -0.15) is 4.31 Å². The summed E-state index contributed by atoms with van der Waals surface area (Å²) in [7, 11) is -3.53. The van der Waals surface area contributed by atoms with Crippen molar-refractivity contribution < 1.29 is 17.9 Å². The zero-order valence-electron chi connectivity index (χ0n) is 15.5. The largest absolute Gasteiger partial charge is 0.444 e. The van der Waals surface area contributed by atoms with Crippen LogP contribution in [-0.2, 0) is 20.1 Å². The highest BCUT2D eigenvalue weighted by atomic mass is 79.9. The van der Waals surface area contributed by atoms with E-state index in [0.29, 0.717) is 29.9 Å². The van der Waals surface area contributed by atoms with Crippen LogP contribution in [0.3, 0.4) is 0 Å². The van der Waals surface area contributed by atoms with Gasteiger partial charge in [-0.05, 0) is 57.2 Å². The molecule has 1 N–H and O–H groups in total. The Bertz CT molecular complexity index is 731. The van der Waals surface area contributed by atoms with E-state index in [9.17, 15) is 13.2 Å². The van der Waals surface area contributed by atoms with Crippen LogP contribution < -0.4 is 5.32 Å². The molecule has 1 heterocycles. The van der Waals surface area contributed by atoms with Crippen LogP contribution in [0.4, 0.5) is 4.79 Å². The van der Waals surface area contributed by atoms with Crippen LogP contribution in [0.5, 0.6) is 0 Å². The van der Waals surface area contributed by atoms with E-state index in [2.05, 4.69) is 21.2 Å². The number of hydrogen-bond acceptors (Lipinski definition) is 4. The standard InChI is InChI=1S/C18H27BrN2O4S/c1-18(2,3)25-17(22)20-12-15-7-5-9-21(13-15)26(23,24)16-8-4-6-14(10-16)11-19/h4,6,8,10,15H,5,7,9,11-13H2,1-3H3,(H,20,22)/t15-/m1/s1. The molecule has 0 spiro atoms. The predicted molar refractivity (Wildman–Crippen MR) is 105 cm³/mol. The van der Waals surface area contributed by atoms with Crippen molar-refractivity contribution in [2.24, 2.45) is 5.92 Å². The van der Waals surface area contributed by atoms with Crippen molar-refractivity contribution in [2.75, 3.05) is 19.6 Å². The summed E-state index contributed by atoms with van der Waals surface area (Å²) in [5.41, 5.74) is 0.373. The fourth-order valence-electron chi connectivity index (χ4n) is 2.89. The van der Waals surface area contributed by atoms with E-state index >= 15 is 0 Å².